The highest BCUT2D eigenvalue weighted by molar-refractivity contribution is 6.76. The lowest BCUT2D eigenvalue weighted by Gasteiger charge is -2.27. The molecule has 6 aromatic carbocycles. The van der Waals surface area contributed by atoms with Gasteiger partial charge in [0.2, 0.25) is 5.91 Å². The maximum atomic E-state index is 15.0. The minimum atomic E-state index is -1.55. The lowest BCUT2D eigenvalue weighted by molar-refractivity contribution is -0.127. The van der Waals surface area contributed by atoms with Crippen molar-refractivity contribution in [3.63, 3.8) is 0 Å². The van der Waals surface area contributed by atoms with Gasteiger partial charge in [-0.15, -0.1) is 0 Å². The van der Waals surface area contributed by atoms with Crippen LogP contribution in [-0.2, 0) is 33.4 Å². The Balaban J connectivity index is 0.743. The van der Waals surface area contributed by atoms with Gasteiger partial charge in [0, 0.05) is 97.1 Å². The van der Waals surface area contributed by atoms with Gasteiger partial charge in [-0.3, -0.25) is 38.6 Å². The molecule has 0 spiro atoms. The molecule has 1 aliphatic carbocycles. The molecule has 2 N–H and O–H groups in total. The van der Waals surface area contributed by atoms with Gasteiger partial charge in [0.15, 0.2) is 40.3 Å². The predicted octanol–water partition coefficient (Wildman–Crippen LogP) is 13.6. The van der Waals surface area contributed by atoms with E-state index in [-0.39, 0.29) is 133 Å². The number of nitrogens with one attached hydrogen (secondary N) is 2. The number of amides is 6. The fourth-order valence-electron chi connectivity index (χ4n) is 13.3. The van der Waals surface area contributed by atoms with E-state index in [2.05, 4.69) is 62.0 Å². The highest BCUT2D eigenvalue weighted by atomic mass is 28.3. The van der Waals surface area contributed by atoms with Crippen LogP contribution in [0.2, 0.25) is 51.4 Å². The number of hydrogen-bond acceptors (Lipinski definition) is 15. The Morgan fingerprint density at radius 2 is 1.05 bits per heavy atom. The molecule has 0 saturated carbocycles. The van der Waals surface area contributed by atoms with Crippen molar-refractivity contribution in [3.05, 3.63) is 167 Å². The van der Waals surface area contributed by atoms with Gasteiger partial charge in [-0.2, -0.15) is 0 Å². The summed E-state index contributed by atoms with van der Waals surface area (Å²) in [5.41, 5.74) is 8.30. The number of benzene rings is 6. The Bertz CT molecular complexity index is 4220. The molecule has 6 aromatic rings. The van der Waals surface area contributed by atoms with Gasteiger partial charge in [0.1, 0.15) is 32.2 Å². The van der Waals surface area contributed by atoms with Crippen molar-refractivity contribution in [3.8, 4) is 39.9 Å². The summed E-state index contributed by atoms with van der Waals surface area (Å²) in [7, 11) is 1.22. The molecule has 4 heterocycles. The Morgan fingerprint density at radius 3 is 1.52 bits per heavy atom. The molecule has 0 bridgehead atoms. The Hall–Kier alpha value is -9.63. The second kappa shape index (κ2) is 31.3. The summed E-state index contributed by atoms with van der Waals surface area (Å²) in [6.45, 7) is 19.5. The monoisotopic (exact) mass is 1430 g/mol. The minimum Gasteiger partial charge on any atom is -0.494 e. The molecule has 0 saturated heterocycles. The number of fused-ring (bicyclic) bond motifs is 7. The van der Waals surface area contributed by atoms with E-state index in [4.69, 9.17) is 37.9 Å². The molecular formula is C78H91FN6O15Si2. The van der Waals surface area contributed by atoms with E-state index in [9.17, 15) is 33.2 Å². The molecule has 0 fully saturated rings. The van der Waals surface area contributed by atoms with E-state index in [1.807, 2.05) is 50.2 Å². The number of methoxy groups -OCH3 is 3. The number of alkyl carbamates (subject to hydrolysis) is 1. The van der Waals surface area contributed by atoms with Crippen LogP contribution in [0.5, 0.6) is 28.7 Å². The zero-order valence-corrected chi connectivity index (χ0v) is 62.1. The number of anilines is 3. The number of carbonyl (C=O) groups is 7. The third-order valence-electron chi connectivity index (χ3n) is 19.1. The van der Waals surface area contributed by atoms with Gasteiger partial charge in [-0.1, -0.05) is 127 Å². The summed E-state index contributed by atoms with van der Waals surface area (Å²) < 4.78 is 62.7. The van der Waals surface area contributed by atoms with Gasteiger partial charge in [-0.25, -0.2) is 9.18 Å². The number of hydrogen-bond donors (Lipinski definition) is 2. The first-order valence-electron chi connectivity index (χ1n) is 34.7. The Morgan fingerprint density at radius 1 is 0.569 bits per heavy atom. The molecule has 102 heavy (non-hydrogen) atoms. The smallest absolute Gasteiger partial charge is 0.407 e. The van der Waals surface area contributed by atoms with Crippen molar-refractivity contribution in [1.29, 1.82) is 0 Å². The van der Waals surface area contributed by atoms with Gasteiger partial charge in [0.05, 0.1) is 63.1 Å². The normalized spacial score (nSPS) is 16.9. The topological polar surface area (TPSA) is 230 Å². The predicted molar refractivity (Wildman–Crippen MR) is 393 cm³/mol. The van der Waals surface area contributed by atoms with Crippen molar-refractivity contribution in [1.82, 2.24) is 15.1 Å². The van der Waals surface area contributed by atoms with Crippen LogP contribution in [0.3, 0.4) is 0 Å². The van der Waals surface area contributed by atoms with E-state index in [0.717, 1.165) is 39.9 Å². The largest absolute Gasteiger partial charge is 0.494 e. The van der Waals surface area contributed by atoms with Crippen LogP contribution in [0.4, 0.5) is 26.2 Å². The van der Waals surface area contributed by atoms with Crippen molar-refractivity contribution >= 4 is 85.8 Å². The first-order valence-corrected chi connectivity index (χ1v) is 42.1. The van der Waals surface area contributed by atoms with Crippen molar-refractivity contribution < 1.29 is 75.8 Å². The van der Waals surface area contributed by atoms with E-state index in [1.165, 1.54) is 53.1 Å². The summed E-state index contributed by atoms with van der Waals surface area (Å²) in [5.74, 6) is -3.02. The standard InChI is InChI=1S/C78H91FN6O15Si2/c1-47(2)72(81-78(92)100-44-60-56-20-15-13-18-54(56)55-19-14-16-21-57(55)60)66(86)34-48(3)73(87)80-53-25-22-49(23-26-53)51-36-64-76(90)84(45-96-30-32-101(7,8)9)62-40-70(68(94-5)38-58(62)74(88)82(64)42-51)98-28-17-29-99-71-41-63-59(39-69(71)95-6)75(89)83-43-52(50-24-27-67(93-4)61(79)35-50)37-65(83)77(91)85(63)46-97-31-33-102(10,11)12/h13-16,18-27,35,38-43,47-48,60,64-65,72H,17,28-34,36-37,44-46H2,1-12H3,(H,80,87)(H,81,92)/t48-,64+,65+,72+/m1/s1. The van der Waals surface area contributed by atoms with E-state index < -0.39 is 69.8 Å². The van der Waals surface area contributed by atoms with Crippen LogP contribution in [0.1, 0.15) is 95.3 Å². The fourth-order valence-corrected chi connectivity index (χ4v) is 14.8. The summed E-state index contributed by atoms with van der Waals surface area (Å²) >= 11 is 0. The summed E-state index contributed by atoms with van der Waals surface area (Å²) in [6, 6.07) is 32.9. The first kappa shape index (κ1) is 73.6. The number of Topliss-reactive ketones (excluding diaryl/α,β-unsaturated/α-hetero) is 1. The second-order valence-electron chi connectivity index (χ2n) is 29.2. The van der Waals surface area contributed by atoms with Crippen LogP contribution in [0.15, 0.2) is 128 Å². The van der Waals surface area contributed by atoms with E-state index in [1.54, 1.807) is 73.9 Å². The van der Waals surface area contributed by atoms with Gasteiger partial charge < -0.3 is 58.3 Å². The highest BCUT2D eigenvalue weighted by Gasteiger charge is 2.46. The zero-order valence-electron chi connectivity index (χ0n) is 60.1. The van der Waals surface area contributed by atoms with E-state index >= 15 is 4.79 Å². The second-order valence-corrected chi connectivity index (χ2v) is 40.4. The van der Waals surface area contributed by atoms with Crippen molar-refractivity contribution in [2.45, 2.75) is 122 Å². The van der Waals surface area contributed by atoms with Gasteiger partial charge in [-0.05, 0) is 98.9 Å². The maximum absolute atomic E-state index is 15.0. The molecule has 0 radical (unpaired) electrons. The molecule has 6 amide bonds. The van der Waals surface area contributed by atoms with Crippen LogP contribution in [-0.4, -0.2) is 153 Å². The lowest BCUT2D eigenvalue weighted by Crippen LogP contribution is -2.45. The first-order chi connectivity index (χ1) is 48.7. The third-order valence-corrected chi connectivity index (χ3v) is 22.5. The molecular weight excluding hydrogens is 1340 g/mol. The van der Waals surface area contributed by atoms with Crippen LogP contribution < -0.4 is 44.1 Å². The third kappa shape index (κ3) is 16.3. The average Bonchev–Trinajstić information content (AvgIpc) is 1.67. The number of carbonyl (C=O) groups excluding carboxylic acids is 7. The number of ketones is 1. The van der Waals surface area contributed by atoms with Gasteiger partial charge in [0.25, 0.3) is 23.6 Å². The molecule has 0 aromatic heterocycles. The van der Waals surface area contributed by atoms with Crippen LogP contribution in [0.25, 0.3) is 22.3 Å². The molecule has 5 aliphatic rings. The molecule has 11 rings (SSSR count). The van der Waals surface area contributed by atoms with Gasteiger partial charge >= 0.3 is 6.09 Å². The number of halogens is 1. The Kier molecular flexibility index (Phi) is 22.6. The molecule has 0 unspecified atom stereocenters. The summed E-state index contributed by atoms with van der Waals surface area (Å²) in [5, 5.41) is 5.69. The van der Waals surface area contributed by atoms with Crippen LogP contribution in [0, 0.1) is 17.7 Å². The molecule has 4 atom stereocenters. The van der Waals surface area contributed by atoms with Crippen LogP contribution >= 0.6 is 0 Å². The molecule has 538 valence electrons. The minimum absolute atomic E-state index is 0.0736. The number of nitrogens with zero attached hydrogens (tertiary/aromatic N) is 4. The molecule has 4 aliphatic heterocycles. The molecule has 24 heteroatoms. The fraction of sp³-hybridized carbons (Fsp3) is 0.397. The number of rotatable bonds is 30. The molecule has 21 nitrogen and oxygen atoms in total. The summed E-state index contributed by atoms with van der Waals surface area (Å²) in [6.07, 6.45) is 3.05. The Labute approximate surface area is 597 Å². The quantitative estimate of drug-likeness (QED) is 0.0315. The maximum Gasteiger partial charge on any atom is 0.407 e. The highest BCUT2D eigenvalue weighted by Crippen LogP contribution is 2.47. The van der Waals surface area contributed by atoms with Crippen molar-refractivity contribution in [2.24, 2.45) is 11.8 Å². The lowest BCUT2D eigenvalue weighted by atomic mass is 9.93. The zero-order chi connectivity index (χ0) is 72.9. The van der Waals surface area contributed by atoms with Crippen molar-refractivity contribution in [2.75, 3.05) is 82.9 Å². The summed E-state index contributed by atoms with van der Waals surface area (Å²) in [4.78, 5) is 106. The van der Waals surface area contributed by atoms with E-state index in [0.29, 0.717) is 42.0 Å². The number of ether oxygens (including phenoxy) is 8. The SMILES string of the molecule is COc1ccc(C2=CN3C(=O)c4cc(OC)c(OCCCOc5cc6c(cc5OC)C(=O)N5C=C(c7ccc(NC(=O)[C@H](C)CC(=O)[C@@H](NC(=O)OCC8c9ccccc9-c9ccccc98)C(C)C)cc7)C[C@H]5C(=O)N6COCC[Si](C)(C)C)cc4N(COCC[Si](C)(C)C)C(=O)[C@@H]3C2)cc1F. The average molecular weight is 1430 g/mol.